The van der Waals surface area contributed by atoms with Crippen molar-refractivity contribution < 1.29 is 17.6 Å². The molecule has 7 nitrogen and oxygen atoms in total. The first-order chi connectivity index (χ1) is 14.3. The number of carbonyl (C=O) groups excluding carboxylic acids is 1. The van der Waals surface area contributed by atoms with Gasteiger partial charge >= 0.3 is 0 Å². The maximum absolute atomic E-state index is 13.2. The van der Waals surface area contributed by atoms with Crippen LogP contribution in [-0.4, -0.2) is 27.1 Å². The maximum Gasteiger partial charge on any atom is 0.264 e. The molecule has 3 rings (SSSR count). The molecule has 0 atom stereocenters. The Balaban J connectivity index is 1.84. The van der Waals surface area contributed by atoms with Crippen molar-refractivity contribution in [1.29, 1.82) is 0 Å². The smallest absolute Gasteiger partial charge is 0.264 e. The Kier molecular flexibility index (Phi) is 6.73. The number of nitrogens with one attached hydrogen (secondary N) is 1. The van der Waals surface area contributed by atoms with E-state index >= 15 is 0 Å². The Labute approximate surface area is 183 Å². The third-order valence-corrected chi connectivity index (χ3v) is 6.82. The summed E-state index contributed by atoms with van der Waals surface area (Å²) in [4.78, 5) is 12.6. The molecule has 1 N–H and O–H groups in total. The Morgan fingerprint density at radius 3 is 2.43 bits per heavy atom. The van der Waals surface area contributed by atoms with Gasteiger partial charge in [0.25, 0.3) is 15.9 Å². The average molecular weight is 490 g/mol. The molecule has 0 fully saturated rings. The van der Waals surface area contributed by atoms with Crippen LogP contribution in [0.5, 0.6) is 0 Å². The SMILES string of the molecule is Cc1ccccc1N(CC(=O)N/N=C/c1cc(Br)c(C)o1)S(=O)(=O)c1ccccc1. The van der Waals surface area contributed by atoms with Crippen LogP contribution in [0.4, 0.5) is 5.69 Å². The first-order valence-corrected chi connectivity index (χ1v) is 11.2. The largest absolute Gasteiger partial charge is 0.459 e. The predicted octanol–water partition coefficient (Wildman–Crippen LogP) is 4.00. The molecular formula is C21H20BrN3O4S. The van der Waals surface area contributed by atoms with Gasteiger partial charge in [-0.1, -0.05) is 36.4 Å². The number of carbonyl (C=O) groups is 1. The fourth-order valence-corrected chi connectivity index (χ4v) is 4.55. The van der Waals surface area contributed by atoms with E-state index < -0.39 is 22.5 Å². The highest BCUT2D eigenvalue weighted by molar-refractivity contribution is 9.10. The number of hydrogen-bond acceptors (Lipinski definition) is 5. The second kappa shape index (κ2) is 9.27. The lowest BCUT2D eigenvalue weighted by atomic mass is 10.2. The van der Waals surface area contributed by atoms with E-state index in [1.54, 1.807) is 62.4 Å². The van der Waals surface area contributed by atoms with Crippen molar-refractivity contribution in [2.45, 2.75) is 18.7 Å². The molecule has 1 heterocycles. The summed E-state index contributed by atoms with van der Waals surface area (Å²) >= 11 is 3.33. The molecule has 1 aromatic heterocycles. The predicted molar refractivity (Wildman–Crippen MR) is 119 cm³/mol. The molecule has 30 heavy (non-hydrogen) atoms. The highest BCUT2D eigenvalue weighted by Gasteiger charge is 2.27. The van der Waals surface area contributed by atoms with Gasteiger partial charge in [-0.2, -0.15) is 5.10 Å². The van der Waals surface area contributed by atoms with Gasteiger partial charge in [0, 0.05) is 6.07 Å². The van der Waals surface area contributed by atoms with Crippen molar-refractivity contribution in [2.24, 2.45) is 5.10 Å². The van der Waals surface area contributed by atoms with Crippen molar-refractivity contribution in [3.05, 3.63) is 82.2 Å². The fraction of sp³-hybridized carbons (Fsp3) is 0.143. The standard InChI is InChI=1S/C21H20BrN3O4S/c1-15-8-6-7-11-20(15)25(30(27,28)18-9-4-3-5-10-18)14-21(26)24-23-13-17-12-19(22)16(2)29-17/h3-13H,14H2,1-2H3,(H,24,26)/b23-13+. The molecule has 3 aromatic rings. The lowest BCUT2D eigenvalue weighted by Crippen LogP contribution is -2.40. The van der Waals surface area contributed by atoms with E-state index in [9.17, 15) is 13.2 Å². The van der Waals surface area contributed by atoms with Crippen LogP contribution in [-0.2, 0) is 14.8 Å². The zero-order valence-corrected chi connectivity index (χ0v) is 18.8. The van der Waals surface area contributed by atoms with Crippen LogP contribution in [0.1, 0.15) is 17.1 Å². The Morgan fingerprint density at radius 2 is 1.80 bits per heavy atom. The van der Waals surface area contributed by atoms with E-state index in [1.807, 2.05) is 0 Å². The van der Waals surface area contributed by atoms with Crippen LogP contribution in [0.3, 0.4) is 0 Å². The number of sulfonamides is 1. The number of rotatable bonds is 7. The lowest BCUT2D eigenvalue weighted by Gasteiger charge is -2.25. The molecule has 2 aromatic carbocycles. The molecular weight excluding hydrogens is 470 g/mol. The van der Waals surface area contributed by atoms with Gasteiger partial charge in [-0.15, -0.1) is 0 Å². The minimum Gasteiger partial charge on any atom is -0.459 e. The summed E-state index contributed by atoms with van der Waals surface area (Å²) in [6.07, 6.45) is 1.35. The number of hydrazone groups is 1. The van der Waals surface area contributed by atoms with Crippen LogP contribution >= 0.6 is 15.9 Å². The number of aryl methyl sites for hydroxylation is 2. The van der Waals surface area contributed by atoms with Gasteiger partial charge in [-0.3, -0.25) is 9.10 Å². The van der Waals surface area contributed by atoms with Gasteiger partial charge in [0.1, 0.15) is 18.1 Å². The van der Waals surface area contributed by atoms with E-state index in [4.69, 9.17) is 4.42 Å². The highest BCUT2D eigenvalue weighted by atomic mass is 79.9. The lowest BCUT2D eigenvalue weighted by molar-refractivity contribution is -0.119. The molecule has 0 unspecified atom stereocenters. The maximum atomic E-state index is 13.2. The number of amides is 1. The van der Waals surface area contributed by atoms with Crippen LogP contribution in [0.15, 0.2) is 79.6 Å². The third kappa shape index (κ3) is 4.98. The summed E-state index contributed by atoms with van der Waals surface area (Å²) in [5.74, 6) is 0.547. The molecule has 0 aliphatic rings. The minimum absolute atomic E-state index is 0.0977. The van der Waals surface area contributed by atoms with Crippen molar-refractivity contribution in [2.75, 3.05) is 10.8 Å². The first-order valence-electron chi connectivity index (χ1n) is 9.00. The van der Waals surface area contributed by atoms with Gasteiger partial charge in [-0.25, -0.2) is 13.8 Å². The Morgan fingerprint density at radius 1 is 1.13 bits per heavy atom. The summed E-state index contributed by atoms with van der Waals surface area (Å²) in [6.45, 7) is 3.14. The number of halogens is 1. The average Bonchev–Trinajstić information content (AvgIpc) is 3.04. The highest BCUT2D eigenvalue weighted by Crippen LogP contribution is 2.26. The van der Waals surface area contributed by atoms with Crippen molar-refractivity contribution in [1.82, 2.24) is 5.43 Å². The van der Waals surface area contributed by atoms with E-state index in [2.05, 4.69) is 26.5 Å². The molecule has 0 saturated carbocycles. The van der Waals surface area contributed by atoms with Gasteiger partial charge in [0.05, 0.1) is 21.3 Å². The quantitative estimate of drug-likeness (QED) is 0.400. The van der Waals surface area contributed by atoms with E-state index in [0.29, 0.717) is 17.2 Å². The number of nitrogens with zero attached hydrogens (tertiary/aromatic N) is 2. The van der Waals surface area contributed by atoms with Crippen LogP contribution in [0.25, 0.3) is 0 Å². The minimum atomic E-state index is -3.96. The second-order valence-corrected chi connectivity index (χ2v) is 9.17. The molecule has 0 radical (unpaired) electrons. The monoisotopic (exact) mass is 489 g/mol. The first kappa shape index (κ1) is 21.8. The molecule has 0 aliphatic carbocycles. The summed E-state index contributed by atoms with van der Waals surface area (Å²) in [5.41, 5.74) is 3.50. The normalized spacial score (nSPS) is 11.6. The van der Waals surface area contributed by atoms with Crippen LogP contribution in [0, 0.1) is 13.8 Å². The number of hydrogen-bond donors (Lipinski definition) is 1. The van der Waals surface area contributed by atoms with Crippen LogP contribution in [0.2, 0.25) is 0 Å². The number of para-hydroxylation sites is 1. The molecule has 0 aliphatic heterocycles. The molecule has 0 bridgehead atoms. The number of furan rings is 1. The number of anilines is 1. The second-order valence-electron chi connectivity index (χ2n) is 6.46. The van der Waals surface area contributed by atoms with Crippen molar-refractivity contribution in [3.63, 3.8) is 0 Å². The van der Waals surface area contributed by atoms with Gasteiger partial charge in [-0.05, 0) is 53.5 Å². The Bertz CT molecular complexity index is 1150. The van der Waals surface area contributed by atoms with Gasteiger partial charge < -0.3 is 4.42 Å². The molecule has 1 amide bonds. The zero-order chi connectivity index (χ0) is 21.7. The summed E-state index contributed by atoms with van der Waals surface area (Å²) in [6, 6.07) is 16.7. The van der Waals surface area contributed by atoms with Crippen molar-refractivity contribution in [3.8, 4) is 0 Å². The zero-order valence-electron chi connectivity index (χ0n) is 16.4. The third-order valence-electron chi connectivity index (χ3n) is 4.26. The summed E-state index contributed by atoms with van der Waals surface area (Å²) in [7, 11) is -3.96. The van der Waals surface area contributed by atoms with Crippen molar-refractivity contribution >= 4 is 43.8 Å². The Hall–Kier alpha value is -2.91. The van der Waals surface area contributed by atoms with E-state index in [0.717, 1.165) is 14.3 Å². The molecule has 0 saturated heterocycles. The van der Waals surface area contributed by atoms with Gasteiger partial charge in [0.2, 0.25) is 0 Å². The topological polar surface area (TPSA) is 92.0 Å². The van der Waals surface area contributed by atoms with E-state index in [1.165, 1.54) is 18.3 Å². The molecule has 9 heteroatoms. The molecule has 0 spiro atoms. The number of benzene rings is 2. The van der Waals surface area contributed by atoms with Gasteiger partial charge in [0.15, 0.2) is 0 Å². The fourth-order valence-electron chi connectivity index (χ4n) is 2.74. The summed E-state index contributed by atoms with van der Waals surface area (Å²) < 4.78 is 33.8. The van der Waals surface area contributed by atoms with Crippen LogP contribution < -0.4 is 9.73 Å². The summed E-state index contributed by atoms with van der Waals surface area (Å²) in [5, 5.41) is 3.86. The van der Waals surface area contributed by atoms with E-state index in [-0.39, 0.29) is 4.90 Å². The molecule has 156 valence electrons.